The molecule has 1 fully saturated rings. The van der Waals surface area contributed by atoms with Gasteiger partial charge in [-0.3, -0.25) is 4.90 Å². The Morgan fingerprint density at radius 1 is 1.12 bits per heavy atom. The molecule has 0 aliphatic carbocycles. The molecule has 32 heavy (non-hydrogen) atoms. The topological polar surface area (TPSA) is 87.7 Å². The van der Waals surface area contributed by atoms with Crippen LogP contribution >= 0.6 is 0 Å². The first-order valence-electron chi connectivity index (χ1n) is 9.97. The highest BCUT2D eigenvalue weighted by atomic mass is 19.4. The van der Waals surface area contributed by atoms with Gasteiger partial charge in [0.05, 0.1) is 25.9 Å². The number of aliphatic imine (C=N–C) groups is 2. The van der Waals surface area contributed by atoms with Gasteiger partial charge in [0.2, 0.25) is 18.2 Å². The van der Waals surface area contributed by atoms with Gasteiger partial charge in [0, 0.05) is 30.5 Å². The van der Waals surface area contributed by atoms with Crippen LogP contribution < -0.4 is 20.7 Å². The second-order valence-corrected chi connectivity index (χ2v) is 7.17. The summed E-state index contributed by atoms with van der Waals surface area (Å²) in [5.74, 6) is 1.05. The fraction of sp³-hybridized carbons (Fsp3) is 0.333. The van der Waals surface area contributed by atoms with Crippen LogP contribution in [-0.4, -0.2) is 56.5 Å². The molecular weight excluding hydrogens is 425 g/mol. The molecule has 4 rings (SSSR count). The van der Waals surface area contributed by atoms with E-state index in [0.29, 0.717) is 43.7 Å². The molecule has 0 saturated carbocycles. The number of benzene rings is 2. The van der Waals surface area contributed by atoms with E-state index < -0.39 is 18.0 Å². The summed E-state index contributed by atoms with van der Waals surface area (Å²) in [7, 11) is 1.55. The highest BCUT2D eigenvalue weighted by Crippen LogP contribution is 2.33. The monoisotopic (exact) mass is 448 g/mol. The van der Waals surface area contributed by atoms with E-state index in [0.717, 1.165) is 12.1 Å². The number of nitrogens with zero attached hydrogens (tertiary/aromatic N) is 4. The van der Waals surface area contributed by atoms with Crippen LogP contribution in [0.1, 0.15) is 5.56 Å². The van der Waals surface area contributed by atoms with Gasteiger partial charge in [0.15, 0.2) is 0 Å². The lowest BCUT2D eigenvalue weighted by Gasteiger charge is -2.41. The molecule has 1 atom stereocenters. The molecule has 1 unspecified atom stereocenters. The molecule has 2 aliphatic rings. The number of rotatable bonds is 4. The molecule has 0 aromatic heterocycles. The number of morpholine rings is 1. The number of halogens is 3. The summed E-state index contributed by atoms with van der Waals surface area (Å²) >= 11 is 0. The normalized spacial score (nSPS) is 19.3. The molecule has 11 heteroatoms. The number of nitrogens with one attached hydrogen (secondary N) is 1. The van der Waals surface area contributed by atoms with E-state index in [9.17, 15) is 13.2 Å². The van der Waals surface area contributed by atoms with Crippen LogP contribution in [0.3, 0.4) is 0 Å². The summed E-state index contributed by atoms with van der Waals surface area (Å²) < 4.78 is 50.9. The molecule has 1 saturated heterocycles. The number of alkyl halides is 3. The summed E-state index contributed by atoms with van der Waals surface area (Å²) in [5.41, 5.74) is 6.18. The Balaban J connectivity index is 1.75. The fourth-order valence-electron chi connectivity index (χ4n) is 3.51. The minimum atomic E-state index is -4.49. The quantitative estimate of drug-likeness (QED) is 0.748. The zero-order valence-electron chi connectivity index (χ0n) is 17.3. The smallest absolute Gasteiger partial charge is 0.416 e. The first-order chi connectivity index (χ1) is 15.3. The van der Waals surface area contributed by atoms with Crippen molar-refractivity contribution in [2.24, 2.45) is 15.7 Å². The van der Waals surface area contributed by atoms with E-state index in [2.05, 4.69) is 15.3 Å². The molecule has 2 aliphatic heterocycles. The SMILES string of the molecule is COc1cccc(NC2N=C(N)N=C(N3CCOCC3)N2c2cccc(C(F)(F)F)c2)c1. The zero-order valence-corrected chi connectivity index (χ0v) is 17.3. The Morgan fingerprint density at radius 3 is 2.59 bits per heavy atom. The van der Waals surface area contributed by atoms with Crippen molar-refractivity contribution in [3.05, 3.63) is 54.1 Å². The largest absolute Gasteiger partial charge is 0.497 e. The Labute approximate surface area is 183 Å². The Morgan fingerprint density at radius 2 is 1.88 bits per heavy atom. The number of hydrogen-bond donors (Lipinski definition) is 2. The summed E-state index contributed by atoms with van der Waals surface area (Å²) in [6.45, 7) is 1.99. The van der Waals surface area contributed by atoms with Crippen molar-refractivity contribution in [2.75, 3.05) is 43.6 Å². The second kappa shape index (κ2) is 8.95. The molecule has 8 nitrogen and oxygen atoms in total. The Hall–Kier alpha value is -3.47. The third kappa shape index (κ3) is 4.72. The van der Waals surface area contributed by atoms with Gasteiger partial charge in [-0.15, -0.1) is 0 Å². The molecule has 2 heterocycles. The lowest BCUT2D eigenvalue weighted by molar-refractivity contribution is -0.137. The van der Waals surface area contributed by atoms with E-state index >= 15 is 0 Å². The number of guanidine groups is 2. The molecule has 2 aromatic rings. The van der Waals surface area contributed by atoms with Crippen LogP contribution in [0.15, 0.2) is 58.5 Å². The average molecular weight is 448 g/mol. The summed E-state index contributed by atoms with van der Waals surface area (Å²) in [6, 6.07) is 12.2. The molecule has 0 amide bonds. The van der Waals surface area contributed by atoms with E-state index in [1.807, 2.05) is 4.90 Å². The van der Waals surface area contributed by atoms with Gasteiger partial charge in [0.25, 0.3) is 0 Å². The molecular formula is C21H23F3N6O2. The fourth-order valence-corrected chi connectivity index (χ4v) is 3.51. The van der Waals surface area contributed by atoms with Crippen LogP contribution in [0, 0.1) is 0 Å². The molecule has 0 bridgehead atoms. The van der Waals surface area contributed by atoms with Gasteiger partial charge >= 0.3 is 6.18 Å². The van der Waals surface area contributed by atoms with Gasteiger partial charge < -0.3 is 25.4 Å². The van der Waals surface area contributed by atoms with Crippen LogP contribution in [0.5, 0.6) is 5.75 Å². The Bertz CT molecular complexity index is 1020. The van der Waals surface area contributed by atoms with Crippen LogP contribution in [0.25, 0.3) is 0 Å². The van der Waals surface area contributed by atoms with Gasteiger partial charge in [-0.2, -0.15) is 18.2 Å². The first-order valence-corrected chi connectivity index (χ1v) is 9.97. The van der Waals surface area contributed by atoms with E-state index in [4.69, 9.17) is 15.2 Å². The highest BCUT2D eigenvalue weighted by molar-refractivity contribution is 6.06. The van der Waals surface area contributed by atoms with Crippen molar-refractivity contribution in [3.8, 4) is 5.75 Å². The minimum Gasteiger partial charge on any atom is -0.497 e. The second-order valence-electron chi connectivity index (χ2n) is 7.17. The third-order valence-electron chi connectivity index (χ3n) is 5.04. The van der Waals surface area contributed by atoms with Crippen molar-refractivity contribution in [3.63, 3.8) is 0 Å². The third-order valence-corrected chi connectivity index (χ3v) is 5.04. The number of nitrogens with two attached hydrogens (primary N) is 1. The number of hydrogen-bond acceptors (Lipinski definition) is 8. The average Bonchev–Trinajstić information content (AvgIpc) is 2.79. The maximum Gasteiger partial charge on any atom is 0.416 e. The van der Waals surface area contributed by atoms with Gasteiger partial charge in [-0.05, 0) is 30.3 Å². The van der Waals surface area contributed by atoms with Crippen molar-refractivity contribution in [1.82, 2.24) is 4.90 Å². The molecule has 3 N–H and O–H groups in total. The van der Waals surface area contributed by atoms with Crippen molar-refractivity contribution in [2.45, 2.75) is 12.5 Å². The van der Waals surface area contributed by atoms with Gasteiger partial charge in [-0.25, -0.2) is 4.99 Å². The minimum absolute atomic E-state index is 0.0233. The predicted octanol–water partition coefficient (Wildman–Crippen LogP) is 2.93. The number of anilines is 2. The maximum atomic E-state index is 13.4. The molecule has 0 radical (unpaired) electrons. The van der Waals surface area contributed by atoms with Crippen LogP contribution in [0.4, 0.5) is 24.5 Å². The predicted molar refractivity (Wildman–Crippen MR) is 116 cm³/mol. The van der Waals surface area contributed by atoms with E-state index in [1.165, 1.54) is 6.07 Å². The molecule has 2 aromatic carbocycles. The van der Waals surface area contributed by atoms with Gasteiger partial charge in [0.1, 0.15) is 5.75 Å². The first kappa shape index (κ1) is 21.8. The summed E-state index contributed by atoms with van der Waals surface area (Å²) in [6.07, 6.45) is -5.32. The lowest BCUT2D eigenvalue weighted by atomic mass is 10.1. The molecule has 170 valence electrons. The van der Waals surface area contributed by atoms with E-state index in [1.54, 1.807) is 42.3 Å². The van der Waals surface area contributed by atoms with Crippen molar-refractivity contribution < 1.29 is 22.6 Å². The van der Waals surface area contributed by atoms with Crippen molar-refractivity contribution >= 4 is 23.3 Å². The molecule has 0 spiro atoms. The van der Waals surface area contributed by atoms with Gasteiger partial charge in [-0.1, -0.05) is 12.1 Å². The lowest BCUT2D eigenvalue weighted by Crippen LogP contribution is -2.57. The van der Waals surface area contributed by atoms with Crippen LogP contribution in [-0.2, 0) is 10.9 Å². The van der Waals surface area contributed by atoms with Crippen molar-refractivity contribution in [1.29, 1.82) is 0 Å². The summed E-state index contributed by atoms with van der Waals surface area (Å²) in [4.78, 5) is 12.3. The summed E-state index contributed by atoms with van der Waals surface area (Å²) in [5, 5.41) is 3.22. The zero-order chi connectivity index (χ0) is 22.7. The Kier molecular flexibility index (Phi) is 6.08. The number of ether oxygens (including phenoxy) is 2. The van der Waals surface area contributed by atoms with E-state index in [-0.39, 0.29) is 11.6 Å². The maximum absolute atomic E-state index is 13.4. The van der Waals surface area contributed by atoms with Crippen LogP contribution in [0.2, 0.25) is 0 Å². The highest BCUT2D eigenvalue weighted by Gasteiger charge is 2.35. The number of methoxy groups -OCH3 is 1. The standard InChI is InChI=1S/C21H23F3N6O2/c1-31-17-7-3-5-15(13-17)26-19-27-18(25)28-20(29-8-10-32-11-9-29)30(19)16-6-2-4-14(12-16)21(22,23)24/h2-7,12-13,19,26H,8-11H2,1H3,(H2,25,27).